The predicted octanol–water partition coefficient (Wildman–Crippen LogP) is 1.11. The lowest BCUT2D eigenvalue weighted by molar-refractivity contribution is -0.144. The molecule has 1 amide bonds. The number of carbonyl (C=O) groups is 2. The molecule has 2 atom stereocenters. The lowest BCUT2D eigenvalue weighted by Gasteiger charge is -2.42. The van der Waals surface area contributed by atoms with E-state index < -0.39 is 0 Å². The minimum atomic E-state index is -0.354. The molecule has 5 heteroatoms. The Hall–Kier alpha value is -1.10. The first kappa shape index (κ1) is 14.3. The van der Waals surface area contributed by atoms with E-state index in [2.05, 4.69) is 5.32 Å². The number of ether oxygens (including phenoxy) is 1. The van der Waals surface area contributed by atoms with Gasteiger partial charge in [0.05, 0.1) is 19.1 Å². The molecule has 2 fully saturated rings. The lowest BCUT2D eigenvalue weighted by atomic mass is 9.74. The number of methoxy groups -OCH3 is 1. The van der Waals surface area contributed by atoms with Crippen LogP contribution in [0.4, 0.5) is 0 Å². The van der Waals surface area contributed by atoms with Gasteiger partial charge in [-0.15, -0.1) is 0 Å². The second-order valence-electron chi connectivity index (χ2n) is 5.99. The zero-order valence-corrected chi connectivity index (χ0v) is 11.6. The van der Waals surface area contributed by atoms with E-state index in [0.717, 1.165) is 38.5 Å². The van der Waals surface area contributed by atoms with Gasteiger partial charge in [-0.05, 0) is 38.0 Å². The molecule has 2 aliphatic carbocycles. The fraction of sp³-hybridized carbons (Fsp3) is 0.857. The summed E-state index contributed by atoms with van der Waals surface area (Å²) in [6, 6.07) is 0.156. The maximum Gasteiger partial charge on any atom is 0.307 e. The van der Waals surface area contributed by atoms with Crippen molar-refractivity contribution in [3.8, 4) is 0 Å². The van der Waals surface area contributed by atoms with Crippen molar-refractivity contribution in [2.45, 2.75) is 62.9 Å². The molecule has 0 radical (unpaired) electrons. The molecular weight excluding hydrogens is 244 g/mol. The molecule has 0 spiro atoms. The molecule has 3 N–H and O–H groups in total. The van der Waals surface area contributed by atoms with Gasteiger partial charge in [-0.25, -0.2) is 0 Å². The Morgan fingerprint density at radius 3 is 2.53 bits per heavy atom. The van der Waals surface area contributed by atoms with Crippen molar-refractivity contribution < 1.29 is 14.3 Å². The van der Waals surface area contributed by atoms with Gasteiger partial charge in [-0.1, -0.05) is 6.42 Å². The Morgan fingerprint density at radius 1 is 1.32 bits per heavy atom. The minimum Gasteiger partial charge on any atom is -0.469 e. The number of nitrogens with one attached hydrogen (secondary N) is 1. The second-order valence-corrected chi connectivity index (χ2v) is 5.99. The molecule has 2 saturated carbocycles. The maximum absolute atomic E-state index is 12.1. The van der Waals surface area contributed by atoms with Gasteiger partial charge in [-0.2, -0.15) is 0 Å². The molecular formula is C14H24N2O3. The highest BCUT2D eigenvalue weighted by atomic mass is 16.5. The standard InChI is InChI=1S/C14H24N2O3/c1-19-13(18)9-14(6-3-7-14)16-12(17)8-10-4-2-5-11(10)15/h10-11H,2-9,15H2,1H3,(H,16,17)/t10-,11+/m0/s1. The molecule has 0 saturated heterocycles. The molecule has 19 heavy (non-hydrogen) atoms. The van der Waals surface area contributed by atoms with Crippen LogP contribution in [0.3, 0.4) is 0 Å². The van der Waals surface area contributed by atoms with Crippen LogP contribution < -0.4 is 11.1 Å². The SMILES string of the molecule is COC(=O)CC1(NC(=O)C[C@@H]2CCC[C@H]2N)CCC1. The third kappa shape index (κ3) is 3.47. The number of esters is 1. The first-order valence-corrected chi connectivity index (χ1v) is 7.18. The highest BCUT2D eigenvalue weighted by molar-refractivity contribution is 5.79. The summed E-state index contributed by atoms with van der Waals surface area (Å²) in [5.41, 5.74) is 5.63. The van der Waals surface area contributed by atoms with E-state index in [0.29, 0.717) is 12.3 Å². The van der Waals surface area contributed by atoms with Crippen molar-refractivity contribution in [2.75, 3.05) is 7.11 Å². The van der Waals surface area contributed by atoms with Crippen LogP contribution in [0, 0.1) is 5.92 Å². The molecule has 2 rings (SSSR count). The summed E-state index contributed by atoms with van der Waals surface area (Å²) in [7, 11) is 1.38. The molecule has 0 aliphatic heterocycles. The zero-order chi connectivity index (χ0) is 13.9. The van der Waals surface area contributed by atoms with Gasteiger partial charge >= 0.3 is 5.97 Å². The largest absolute Gasteiger partial charge is 0.469 e. The quantitative estimate of drug-likeness (QED) is 0.732. The van der Waals surface area contributed by atoms with Gasteiger partial charge in [0.25, 0.3) is 0 Å². The number of carbonyl (C=O) groups excluding carboxylic acids is 2. The van der Waals surface area contributed by atoms with Crippen molar-refractivity contribution in [2.24, 2.45) is 11.7 Å². The molecule has 2 aliphatic rings. The van der Waals surface area contributed by atoms with Crippen LogP contribution in [-0.2, 0) is 14.3 Å². The van der Waals surface area contributed by atoms with Crippen molar-refractivity contribution in [3.05, 3.63) is 0 Å². The summed E-state index contributed by atoms with van der Waals surface area (Å²) >= 11 is 0. The van der Waals surface area contributed by atoms with Crippen molar-refractivity contribution in [1.82, 2.24) is 5.32 Å². The van der Waals surface area contributed by atoms with E-state index in [1.165, 1.54) is 7.11 Å². The first-order valence-electron chi connectivity index (χ1n) is 7.18. The van der Waals surface area contributed by atoms with Gasteiger partial charge in [0.15, 0.2) is 0 Å². The summed E-state index contributed by atoms with van der Waals surface area (Å²) in [4.78, 5) is 23.5. The average molecular weight is 268 g/mol. The van der Waals surface area contributed by atoms with E-state index in [-0.39, 0.29) is 29.9 Å². The van der Waals surface area contributed by atoms with Crippen LogP contribution in [0.5, 0.6) is 0 Å². The zero-order valence-electron chi connectivity index (χ0n) is 11.6. The molecule has 0 aromatic heterocycles. The third-order valence-corrected chi connectivity index (χ3v) is 4.59. The van der Waals surface area contributed by atoms with Crippen LogP contribution in [0.2, 0.25) is 0 Å². The van der Waals surface area contributed by atoms with E-state index in [1.807, 2.05) is 0 Å². The maximum atomic E-state index is 12.1. The molecule has 0 unspecified atom stereocenters. The summed E-state index contributed by atoms with van der Waals surface area (Å²) in [5, 5.41) is 3.05. The molecule has 108 valence electrons. The van der Waals surface area contributed by atoms with Crippen LogP contribution in [-0.4, -0.2) is 30.6 Å². The number of hydrogen-bond donors (Lipinski definition) is 2. The smallest absolute Gasteiger partial charge is 0.307 e. The van der Waals surface area contributed by atoms with Gasteiger partial charge in [0, 0.05) is 12.5 Å². The van der Waals surface area contributed by atoms with E-state index >= 15 is 0 Å². The normalized spacial score (nSPS) is 28.5. The minimum absolute atomic E-state index is 0.0333. The van der Waals surface area contributed by atoms with E-state index in [1.54, 1.807) is 0 Å². The Bertz CT molecular complexity index is 353. The van der Waals surface area contributed by atoms with Gasteiger partial charge < -0.3 is 15.8 Å². The Morgan fingerprint density at radius 2 is 2.05 bits per heavy atom. The van der Waals surface area contributed by atoms with Crippen molar-refractivity contribution in [1.29, 1.82) is 0 Å². The summed E-state index contributed by atoms with van der Waals surface area (Å²) in [6.07, 6.45) is 6.74. The van der Waals surface area contributed by atoms with E-state index in [9.17, 15) is 9.59 Å². The first-order chi connectivity index (χ1) is 9.04. The summed E-state index contributed by atoms with van der Waals surface area (Å²) in [6.45, 7) is 0. The number of amides is 1. The number of nitrogens with two attached hydrogens (primary N) is 1. The van der Waals surface area contributed by atoms with Crippen molar-refractivity contribution >= 4 is 11.9 Å². The number of hydrogen-bond acceptors (Lipinski definition) is 4. The highest BCUT2D eigenvalue weighted by Gasteiger charge is 2.41. The Balaban J connectivity index is 1.84. The molecule has 0 aromatic carbocycles. The fourth-order valence-electron chi connectivity index (χ4n) is 3.20. The topological polar surface area (TPSA) is 81.4 Å². The lowest BCUT2D eigenvalue weighted by Crippen LogP contribution is -2.55. The van der Waals surface area contributed by atoms with Crippen LogP contribution >= 0.6 is 0 Å². The monoisotopic (exact) mass is 268 g/mol. The average Bonchev–Trinajstić information content (AvgIpc) is 2.72. The molecule has 0 heterocycles. The predicted molar refractivity (Wildman–Crippen MR) is 71.3 cm³/mol. The Kier molecular flexibility index (Phi) is 4.45. The van der Waals surface area contributed by atoms with E-state index in [4.69, 9.17) is 10.5 Å². The van der Waals surface area contributed by atoms with Gasteiger partial charge in [-0.3, -0.25) is 9.59 Å². The number of rotatable bonds is 5. The van der Waals surface area contributed by atoms with Crippen LogP contribution in [0.1, 0.15) is 51.4 Å². The second kappa shape index (κ2) is 5.90. The van der Waals surface area contributed by atoms with Crippen LogP contribution in [0.15, 0.2) is 0 Å². The van der Waals surface area contributed by atoms with Crippen LogP contribution in [0.25, 0.3) is 0 Å². The third-order valence-electron chi connectivity index (χ3n) is 4.59. The molecule has 0 bridgehead atoms. The summed E-state index contributed by atoms with van der Waals surface area (Å²) in [5.74, 6) is 0.0822. The summed E-state index contributed by atoms with van der Waals surface area (Å²) < 4.78 is 4.70. The highest BCUT2D eigenvalue weighted by Crippen LogP contribution is 2.36. The van der Waals surface area contributed by atoms with Gasteiger partial charge in [0.2, 0.25) is 5.91 Å². The molecule has 5 nitrogen and oxygen atoms in total. The fourth-order valence-corrected chi connectivity index (χ4v) is 3.20. The van der Waals surface area contributed by atoms with Gasteiger partial charge in [0.1, 0.15) is 0 Å². The molecule has 0 aromatic rings. The Labute approximate surface area is 114 Å². The van der Waals surface area contributed by atoms with Crippen molar-refractivity contribution in [3.63, 3.8) is 0 Å².